The van der Waals surface area contributed by atoms with Crippen molar-refractivity contribution < 1.29 is 18.3 Å². The van der Waals surface area contributed by atoms with E-state index >= 15 is 0 Å². The summed E-state index contributed by atoms with van der Waals surface area (Å²) < 4.78 is 26.6. The van der Waals surface area contributed by atoms with E-state index in [-0.39, 0.29) is 12.2 Å². The molecule has 0 aliphatic heterocycles. The van der Waals surface area contributed by atoms with Gasteiger partial charge in [0.2, 0.25) is 10.0 Å². The topological polar surface area (TPSA) is 83.5 Å². The predicted octanol–water partition coefficient (Wildman–Crippen LogP) is 2.19. The summed E-state index contributed by atoms with van der Waals surface area (Å²) in [5, 5.41) is 9.25. The van der Waals surface area contributed by atoms with Crippen LogP contribution < -0.4 is 4.72 Å². The highest BCUT2D eigenvalue weighted by atomic mass is 32.2. The molecule has 0 spiro atoms. The van der Waals surface area contributed by atoms with Gasteiger partial charge in [-0.05, 0) is 24.0 Å². The van der Waals surface area contributed by atoms with E-state index in [2.05, 4.69) is 4.72 Å². The van der Waals surface area contributed by atoms with E-state index in [1.54, 1.807) is 30.3 Å². The summed E-state index contributed by atoms with van der Waals surface area (Å²) in [4.78, 5) is 11.3. The molecule has 0 bridgehead atoms. The van der Waals surface area contributed by atoms with Crippen LogP contribution in [-0.4, -0.2) is 25.5 Å². The molecule has 0 aliphatic carbocycles. The zero-order valence-electron chi connectivity index (χ0n) is 12.6. The van der Waals surface area contributed by atoms with Crippen LogP contribution in [0.25, 0.3) is 0 Å². The fourth-order valence-electron chi connectivity index (χ4n) is 2.24. The Bertz CT molecular complexity index is 730. The number of carbonyl (C=O) groups is 1. The highest BCUT2D eigenvalue weighted by Crippen LogP contribution is 2.09. The van der Waals surface area contributed by atoms with Crippen LogP contribution in [0, 0.1) is 0 Å². The Morgan fingerprint density at radius 2 is 1.48 bits per heavy atom. The van der Waals surface area contributed by atoms with E-state index in [9.17, 15) is 18.3 Å². The molecule has 0 fully saturated rings. The number of carboxylic acid groups (broad SMARTS) is 1. The first-order valence-electron chi connectivity index (χ1n) is 7.27. The molecule has 2 rings (SSSR count). The van der Waals surface area contributed by atoms with Gasteiger partial charge in [0.05, 0.1) is 5.75 Å². The predicted molar refractivity (Wildman–Crippen MR) is 88.4 cm³/mol. The average molecular weight is 333 g/mol. The smallest absolute Gasteiger partial charge is 0.321 e. The molecule has 0 unspecified atom stereocenters. The van der Waals surface area contributed by atoms with Crippen LogP contribution >= 0.6 is 0 Å². The van der Waals surface area contributed by atoms with Crippen molar-refractivity contribution in [3.8, 4) is 0 Å². The first-order chi connectivity index (χ1) is 11.0. The van der Waals surface area contributed by atoms with Crippen molar-refractivity contribution in [3.63, 3.8) is 0 Å². The molecule has 0 amide bonds. The summed E-state index contributed by atoms with van der Waals surface area (Å²) in [6.07, 6.45) is 0.693. The molecule has 2 N–H and O–H groups in total. The van der Waals surface area contributed by atoms with Crippen LogP contribution in [0.3, 0.4) is 0 Å². The number of carboxylic acids is 1. The monoisotopic (exact) mass is 333 g/mol. The maximum atomic E-state index is 12.2. The first-order valence-corrected chi connectivity index (χ1v) is 8.92. The van der Waals surface area contributed by atoms with Gasteiger partial charge in [-0.25, -0.2) is 13.1 Å². The van der Waals surface area contributed by atoms with Gasteiger partial charge < -0.3 is 5.11 Å². The molecule has 23 heavy (non-hydrogen) atoms. The standard InChI is InChI=1S/C17H19NO4S/c19-17(20)16(12-11-14-7-3-1-4-8-14)18-23(21,22)13-15-9-5-2-6-10-15/h1-10,16,18H,11-13H2,(H,19,20)/t16-/m1/s1. The van der Waals surface area contributed by atoms with Gasteiger partial charge in [0.25, 0.3) is 0 Å². The summed E-state index contributed by atoms with van der Waals surface area (Å²) in [5.74, 6) is -1.40. The fraction of sp³-hybridized carbons (Fsp3) is 0.235. The second-order valence-corrected chi connectivity index (χ2v) is 7.03. The van der Waals surface area contributed by atoms with Crippen molar-refractivity contribution in [1.29, 1.82) is 0 Å². The average Bonchev–Trinajstić information content (AvgIpc) is 2.52. The van der Waals surface area contributed by atoms with Crippen molar-refractivity contribution in [2.45, 2.75) is 24.6 Å². The van der Waals surface area contributed by atoms with E-state index < -0.39 is 22.0 Å². The van der Waals surface area contributed by atoms with Gasteiger partial charge in [-0.1, -0.05) is 60.7 Å². The number of nitrogens with one attached hydrogen (secondary N) is 1. The maximum Gasteiger partial charge on any atom is 0.321 e. The Hall–Kier alpha value is -2.18. The third-order valence-electron chi connectivity index (χ3n) is 3.38. The van der Waals surface area contributed by atoms with Crippen LogP contribution in [0.4, 0.5) is 0 Å². The number of aliphatic carboxylic acids is 1. The molecule has 0 aromatic heterocycles. The second-order valence-electron chi connectivity index (χ2n) is 5.28. The maximum absolute atomic E-state index is 12.2. The molecule has 0 saturated heterocycles. The minimum absolute atomic E-state index is 0.202. The molecular formula is C17H19NO4S. The van der Waals surface area contributed by atoms with Crippen molar-refractivity contribution in [3.05, 3.63) is 71.8 Å². The minimum atomic E-state index is -3.71. The lowest BCUT2D eigenvalue weighted by Crippen LogP contribution is -2.41. The lowest BCUT2D eigenvalue weighted by Gasteiger charge is -2.15. The summed E-state index contributed by atoms with van der Waals surface area (Å²) >= 11 is 0. The van der Waals surface area contributed by atoms with Gasteiger partial charge in [-0.3, -0.25) is 4.79 Å². The number of aryl methyl sites for hydroxylation is 1. The molecule has 2 aromatic rings. The Morgan fingerprint density at radius 1 is 0.957 bits per heavy atom. The zero-order chi connectivity index (χ0) is 16.7. The molecule has 6 heteroatoms. The quantitative estimate of drug-likeness (QED) is 0.776. The van der Waals surface area contributed by atoms with Crippen LogP contribution in [0.2, 0.25) is 0 Å². The van der Waals surface area contributed by atoms with E-state index in [0.717, 1.165) is 5.56 Å². The van der Waals surface area contributed by atoms with Crippen LogP contribution in [-0.2, 0) is 27.0 Å². The largest absolute Gasteiger partial charge is 0.480 e. The molecule has 122 valence electrons. The molecule has 0 radical (unpaired) electrons. The SMILES string of the molecule is O=C(O)[C@@H](CCc1ccccc1)NS(=O)(=O)Cc1ccccc1. The molecule has 0 saturated carbocycles. The van der Waals surface area contributed by atoms with E-state index in [1.807, 2.05) is 30.3 Å². The highest BCUT2D eigenvalue weighted by molar-refractivity contribution is 7.88. The highest BCUT2D eigenvalue weighted by Gasteiger charge is 2.24. The second kappa shape index (κ2) is 7.89. The van der Waals surface area contributed by atoms with Gasteiger partial charge in [0, 0.05) is 0 Å². The Balaban J connectivity index is 1.99. The Morgan fingerprint density at radius 3 is 2.00 bits per heavy atom. The van der Waals surface area contributed by atoms with Gasteiger partial charge >= 0.3 is 5.97 Å². The lowest BCUT2D eigenvalue weighted by molar-refractivity contribution is -0.139. The molecule has 1 atom stereocenters. The van der Waals surface area contributed by atoms with Crippen LogP contribution in [0.15, 0.2) is 60.7 Å². The number of rotatable bonds is 8. The van der Waals surface area contributed by atoms with E-state index in [1.165, 1.54) is 0 Å². The Labute approximate surface area is 136 Å². The number of sulfonamides is 1. The third-order valence-corrected chi connectivity index (χ3v) is 4.74. The zero-order valence-corrected chi connectivity index (χ0v) is 13.4. The summed E-state index contributed by atoms with van der Waals surface area (Å²) in [5.41, 5.74) is 1.59. The van der Waals surface area contributed by atoms with Gasteiger partial charge in [0.15, 0.2) is 0 Å². The lowest BCUT2D eigenvalue weighted by atomic mass is 10.1. The normalized spacial score (nSPS) is 12.7. The third kappa shape index (κ3) is 5.84. The van der Waals surface area contributed by atoms with Crippen molar-refractivity contribution in [2.24, 2.45) is 0 Å². The first kappa shape index (κ1) is 17.2. The summed E-state index contributed by atoms with van der Waals surface area (Å²) in [7, 11) is -3.71. The molecular weight excluding hydrogens is 314 g/mol. The summed E-state index contributed by atoms with van der Waals surface area (Å²) in [6.45, 7) is 0. The number of hydrogen-bond donors (Lipinski definition) is 2. The van der Waals surface area contributed by atoms with Crippen molar-refractivity contribution >= 4 is 16.0 Å². The Kier molecular flexibility index (Phi) is 5.90. The molecule has 2 aromatic carbocycles. The number of benzene rings is 2. The van der Waals surface area contributed by atoms with Gasteiger partial charge in [0.1, 0.15) is 6.04 Å². The van der Waals surface area contributed by atoms with Gasteiger partial charge in [-0.15, -0.1) is 0 Å². The van der Waals surface area contributed by atoms with Crippen molar-refractivity contribution in [1.82, 2.24) is 4.72 Å². The molecule has 0 heterocycles. The van der Waals surface area contributed by atoms with Gasteiger partial charge in [-0.2, -0.15) is 0 Å². The van der Waals surface area contributed by atoms with E-state index in [0.29, 0.717) is 12.0 Å². The minimum Gasteiger partial charge on any atom is -0.480 e. The van der Waals surface area contributed by atoms with E-state index in [4.69, 9.17) is 0 Å². The fourth-order valence-corrected chi connectivity index (χ4v) is 3.61. The van der Waals surface area contributed by atoms with Crippen LogP contribution in [0.1, 0.15) is 17.5 Å². The van der Waals surface area contributed by atoms with Crippen LogP contribution in [0.5, 0.6) is 0 Å². The summed E-state index contributed by atoms with van der Waals surface area (Å²) in [6, 6.07) is 16.9. The number of hydrogen-bond acceptors (Lipinski definition) is 3. The molecule has 5 nitrogen and oxygen atoms in total. The molecule has 0 aliphatic rings. The van der Waals surface area contributed by atoms with Crippen molar-refractivity contribution in [2.75, 3.05) is 0 Å².